The van der Waals surface area contributed by atoms with Gasteiger partial charge in [-0.3, -0.25) is 4.79 Å². The largest absolute Gasteiger partial charge is 0.493 e. The van der Waals surface area contributed by atoms with Gasteiger partial charge < -0.3 is 29.6 Å². The van der Waals surface area contributed by atoms with E-state index in [0.717, 1.165) is 5.56 Å². The fraction of sp³-hybridized carbons (Fsp3) is 0.238. The van der Waals surface area contributed by atoms with Crippen LogP contribution < -0.4 is 25.7 Å². The first-order valence-corrected chi connectivity index (χ1v) is 8.98. The number of ether oxygens (including phenoxy) is 2. The van der Waals surface area contributed by atoms with Gasteiger partial charge in [0, 0.05) is 24.2 Å². The first-order valence-electron chi connectivity index (χ1n) is 8.98. The van der Waals surface area contributed by atoms with Gasteiger partial charge in [0.05, 0.1) is 20.8 Å². The van der Waals surface area contributed by atoms with Crippen LogP contribution in [0, 0.1) is 0 Å². The zero-order valence-corrected chi connectivity index (χ0v) is 16.2. The highest BCUT2D eigenvalue weighted by Gasteiger charge is 2.18. The number of anilines is 1. The number of nitrogens with one attached hydrogen (secondary N) is 2. The van der Waals surface area contributed by atoms with Crippen LogP contribution >= 0.6 is 0 Å². The Morgan fingerprint density at radius 1 is 1.10 bits per heavy atom. The number of methoxy groups -OCH3 is 2. The van der Waals surface area contributed by atoms with E-state index in [2.05, 4.69) is 10.6 Å². The number of amides is 1. The van der Waals surface area contributed by atoms with Gasteiger partial charge in [0.15, 0.2) is 11.3 Å². The summed E-state index contributed by atoms with van der Waals surface area (Å²) < 4.78 is 15.8. The molecule has 0 aliphatic rings. The number of fused-ring (bicyclic) bond motifs is 1. The molecule has 0 spiro atoms. The summed E-state index contributed by atoms with van der Waals surface area (Å²) in [7, 11) is 2.93. The quantitative estimate of drug-likeness (QED) is 0.394. The molecular weight excluding hydrogens is 376 g/mol. The topological polar surface area (TPSA) is 110 Å². The van der Waals surface area contributed by atoms with Crippen LogP contribution in [0.3, 0.4) is 0 Å². The Labute approximate surface area is 167 Å². The summed E-state index contributed by atoms with van der Waals surface area (Å²) in [6, 6.07) is 12.0. The molecule has 3 rings (SSSR count). The molecule has 29 heavy (non-hydrogen) atoms. The molecule has 8 heteroatoms. The molecule has 152 valence electrons. The molecule has 0 aliphatic heterocycles. The van der Waals surface area contributed by atoms with E-state index in [1.807, 2.05) is 12.1 Å². The molecular formula is C21H22N2O6. The maximum Gasteiger partial charge on any atom is 0.349 e. The minimum absolute atomic E-state index is 0.0706. The van der Waals surface area contributed by atoms with Crippen LogP contribution in [0.4, 0.5) is 5.69 Å². The van der Waals surface area contributed by atoms with E-state index in [-0.39, 0.29) is 17.8 Å². The van der Waals surface area contributed by atoms with Gasteiger partial charge in [0.2, 0.25) is 5.75 Å². The van der Waals surface area contributed by atoms with Gasteiger partial charge in [0.1, 0.15) is 5.56 Å². The second-order valence-electron chi connectivity index (χ2n) is 6.22. The van der Waals surface area contributed by atoms with E-state index in [0.29, 0.717) is 35.7 Å². The van der Waals surface area contributed by atoms with Crippen LogP contribution in [0.1, 0.15) is 15.9 Å². The average molecular weight is 398 g/mol. The van der Waals surface area contributed by atoms with Crippen molar-refractivity contribution < 1.29 is 23.8 Å². The predicted molar refractivity (Wildman–Crippen MR) is 109 cm³/mol. The smallest absolute Gasteiger partial charge is 0.349 e. The van der Waals surface area contributed by atoms with Crippen molar-refractivity contribution in [2.75, 3.05) is 32.7 Å². The van der Waals surface area contributed by atoms with E-state index in [4.69, 9.17) is 19.0 Å². The van der Waals surface area contributed by atoms with Crippen molar-refractivity contribution in [1.82, 2.24) is 5.32 Å². The lowest BCUT2D eigenvalue weighted by atomic mass is 10.1. The molecule has 8 nitrogen and oxygen atoms in total. The molecule has 3 aromatic rings. The minimum atomic E-state index is -0.772. The number of aliphatic hydroxyl groups excluding tert-OH is 1. The van der Waals surface area contributed by atoms with Crippen LogP contribution in [-0.4, -0.2) is 38.4 Å². The van der Waals surface area contributed by atoms with Crippen LogP contribution in [0.15, 0.2) is 51.7 Å². The fourth-order valence-corrected chi connectivity index (χ4v) is 2.87. The Morgan fingerprint density at radius 2 is 1.86 bits per heavy atom. The lowest BCUT2D eigenvalue weighted by Gasteiger charge is -2.10. The van der Waals surface area contributed by atoms with Crippen molar-refractivity contribution in [1.29, 1.82) is 0 Å². The molecule has 0 bridgehead atoms. The SMILES string of the molecule is COc1ccc2cc(C(=O)Nc3ccc(CNCCO)cc3)c(=O)oc2c1OC. The van der Waals surface area contributed by atoms with Crippen molar-refractivity contribution in [3.05, 3.63) is 64.0 Å². The van der Waals surface area contributed by atoms with Crippen molar-refractivity contribution in [3.8, 4) is 11.5 Å². The fourth-order valence-electron chi connectivity index (χ4n) is 2.87. The van der Waals surface area contributed by atoms with Crippen molar-refractivity contribution in [3.63, 3.8) is 0 Å². The second kappa shape index (κ2) is 9.22. The summed E-state index contributed by atoms with van der Waals surface area (Å²) in [5, 5.41) is 15.1. The standard InChI is InChI=1S/C21H22N2O6/c1-27-17-8-5-14-11-16(21(26)29-18(14)19(17)28-2)20(25)23-15-6-3-13(4-7-15)12-22-9-10-24/h3-8,11,22,24H,9-10,12H2,1-2H3,(H,23,25). The molecule has 0 saturated carbocycles. The lowest BCUT2D eigenvalue weighted by molar-refractivity contribution is 0.102. The van der Waals surface area contributed by atoms with Crippen LogP contribution in [0.2, 0.25) is 0 Å². The third kappa shape index (κ3) is 4.56. The molecule has 1 heterocycles. The lowest BCUT2D eigenvalue weighted by Crippen LogP contribution is -2.21. The molecule has 0 saturated heterocycles. The first kappa shape index (κ1) is 20.4. The van der Waals surface area contributed by atoms with Crippen LogP contribution in [0.25, 0.3) is 11.0 Å². The third-order valence-electron chi connectivity index (χ3n) is 4.32. The number of hydrogen-bond acceptors (Lipinski definition) is 7. The first-order chi connectivity index (χ1) is 14.1. The zero-order valence-electron chi connectivity index (χ0n) is 16.2. The molecule has 0 unspecified atom stereocenters. The van der Waals surface area contributed by atoms with Crippen LogP contribution in [-0.2, 0) is 6.54 Å². The summed E-state index contributed by atoms with van der Waals surface area (Å²) in [6.07, 6.45) is 0. The minimum Gasteiger partial charge on any atom is -0.493 e. The average Bonchev–Trinajstić information content (AvgIpc) is 2.73. The van der Waals surface area contributed by atoms with Gasteiger partial charge >= 0.3 is 5.63 Å². The summed E-state index contributed by atoms with van der Waals surface area (Å²) in [4.78, 5) is 25.0. The van der Waals surface area contributed by atoms with E-state index < -0.39 is 11.5 Å². The second-order valence-corrected chi connectivity index (χ2v) is 6.22. The normalized spacial score (nSPS) is 10.7. The highest BCUT2D eigenvalue weighted by molar-refractivity contribution is 6.05. The summed E-state index contributed by atoms with van der Waals surface area (Å²) in [6.45, 7) is 1.18. The van der Waals surface area contributed by atoms with Crippen molar-refractivity contribution in [2.45, 2.75) is 6.54 Å². The number of hydrogen-bond donors (Lipinski definition) is 3. The Balaban J connectivity index is 1.82. The molecule has 1 amide bonds. The van der Waals surface area contributed by atoms with Gasteiger partial charge in [-0.15, -0.1) is 0 Å². The van der Waals surface area contributed by atoms with Gasteiger partial charge in [-0.05, 0) is 35.9 Å². The number of carbonyl (C=O) groups is 1. The number of rotatable bonds is 8. The molecule has 3 N–H and O–H groups in total. The molecule has 1 aromatic heterocycles. The van der Waals surface area contributed by atoms with E-state index in [1.165, 1.54) is 20.3 Å². The Morgan fingerprint density at radius 3 is 2.52 bits per heavy atom. The molecule has 0 radical (unpaired) electrons. The Hall–Kier alpha value is -3.36. The Kier molecular flexibility index (Phi) is 6.48. The number of benzene rings is 2. The maximum absolute atomic E-state index is 12.6. The van der Waals surface area contributed by atoms with Gasteiger partial charge in [-0.1, -0.05) is 12.1 Å². The maximum atomic E-state index is 12.6. The van der Waals surface area contributed by atoms with Gasteiger partial charge in [0.25, 0.3) is 5.91 Å². The highest BCUT2D eigenvalue weighted by atomic mass is 16.5. The predicted octanol–water partition coefficient (Wildman–Crippen LogP) is 2.14. The van der Waals surface area contributed by atoms with E-state index >= 15 is 0 Å². The summed E-state index contributed by atoms with van der Waals surface area (Å²) >= 11 is 0. The zero-order chi connectivity index (χ0) is 20.8. The van der Waals surface area contributed by atoms with E-state index in [1.54, 1.807) is 24.3 Å². The van der Waals surface area contributed by atoms with Crippen molar-refractivity contribution >= 4 is 22.6 Å². The monoisotopic (exact) mass is 398 g/mol. The van der Waals surface area contributed by atoms with Gasteiger partial charge in [-0.2, -0.15) is 0 Å². The highest BCUT2D eigenvalue weighted by Crippen LogP contribution is 2.34. The number of carbonyl (C=O) groups excluding carboxylic acids is 1. The summed E-state index contributed by atoms with van der Waals surface area (Å²) in [5.41, 5.74) is 0.883. The van der Waals surface area contributed by atoms with Gasteiger partial charge in [-0.25, -0.2) is 4.79 Å². The third-order valence-corrected chi connectivity index (χ3v) is 4.32. The molecule has 2 aromatic carbocycles. The summed E-state index contributed by atoms with van der Waals surface area (Å²) in [5.74, 6) is 0.148. The molecule has 0 aliphatic carbocycles. The Bertz CT molecular complexity index is 1060. The van der Waals surface area contributed by atoms with Crippen molar-refractivity contribution in [2.24, 2.45) is 0 Å². The van der Waals surface area contributed by atoms with E-state index in [9.17, 15) is 9.59 Å². The molecule has 0 atom stereocenters. The number of aliphatic hydroxyl groups is 1. The molecule has 0 fully saturated rings. The van der Waals surface area contributed by atoms with Crippen LogP contribution in [0.5, 0.6) is 11.5 Å².